The summed E-state index contributed by atoms with van der Waals surface area (Å²) in [6, 6.07) is 0.736. The summed E-state index contributed by atoms with van der Waals surface area (Å²) >= 11 is 0. The minimum atomic E-state index is -1.46. The van der Waals surface area contributed by atoms with E-state index in [1.54, 1.807) is 0 Å². The molecule has 0 amide bonds. The summed E-state index contributed by atoms with van der Waals surface area (Å²) in [5.74, 6) is -4.01. The van der Waals surface area contributed by atoms with Crippen LogP contribution in [0.3, 0.4) is 0 Å². The van der Waals surface area contributed by atoms with Crippen LogP contribution in [0.25, 0.3) is 0 Å². The average Bonchev–Trinajstić information content (AvgIpc) is 2.24. The van der Waals surface area contributed by atoms with E-state index in [0.717, 1.165) is 12.1 Å². The van der Waals surface area contributed by atoms with Crippen molar-refractivity contribution in [3.8, 4) is 17.2 Å². The standard InChI is InChI=1S/C10H10O6/c1-2-5(11)7-4(10(15)16)3-6(12)8(13)9(7)14/h2-3,5,11-14H,1H2,(H,15,16). The number of aliphatic hydroxyl groups excluding tert-OH is 1. The zero-order valence-corrected chi connectivity index (χ0v) is 8.08. The van der Waals surface area contributed by atoms with E-state index in [9.17, 15) is 20.1 Å². The van der Waals surface area contributed by atoms with Crippen molar-refractivity contribution >= 4 is 5.97 Å². The summed E-state index contributed by atoms with van der Waals surface area (Å²) < 4.78 is 0. The summed E-state index contributed by atoms with van der Waals surface area (Å²) in [5.41, 5.74) is -0.932. The molecule has 1 atom stereocenters. The fraction of sp³-hybridized carbons (Fsp3) is 0.100. The highest BCUT2D eigenvalue weighted by molar-refractivity contribution is 5.92. The number of hydrogen-bond donors (Lipinski definition) is 5. The molecule has 0 bridgehead atoms. The molecule has 0 aliphatic rings. The number of aromatic hydroxyl groups is 3. The van der Waals surface area contributed by atoms with Gasteiger partial charge < -0.3 is 25.5 Å². The number of carbonyl (C=O) groups is 1. The van der Waals surface area contributed by atoms with Gasteiger partial charge in [-0.3, -0.25) is 0 Å². The Morgan fingerprint density at radius 1 is 1.31 bits per heavy atom. The fourth-order valence-electron chi connectivity index (χ4n) is 1.25. The van der Waals surface area contributed by atoms with Crippen LogP contribution in [0.4, 0.5) is 0 Å². The largest absolute Gasteiger partial charge is 0.504 e. The van der Waals surface area contributed by atoms with E-state index < -0.39 is 40.4 Å². The molecule has 1 aromatic carbocycles. The van der Waals surface area contributed by atoms with Gasteiger partial charge in [-0.1, -0.05) is 6.08 Å². The molecule has 5 N–H and O–H groups in total. The summed E-state index contributed by atoms with van der Waals surface area (Å²) in [7, 11) is 0. The number of hydrogen-bond acceptors (Lipinski definition) is 5. The molecule has 0 aliphatic heterocycles. The van der Waals surface area contributed by atoms with Gasteiger partial charge in [0.25, 0.3) is 0 Å². The molecule has 0 radical (unpaired) electrons. The number of aliphatic hydroxyl groups is 1. The van der Waals surface area contributed by atoms with Crippen LogP contribution in [-0.4, -0.2) is 31.5 Å². The van der Waals surface area contributed by atoms with E-state index in [1.807, 2.05) is 0 Å². The van der Waals surface area contributed by atoms with Crippen LogP contribution in [0.2, 0.25) is 0 Å². The van der Waals surface area contributed by atoms with Crippen molar-refractivity contribution in [1.29, 1.82) is 0 Å². The van der Waals surface area contributed by atoms with E-state index in [2.05, 4.69) is 6.58 Å². The van der Waals surface area contributed by atoms with Crippen LogP contribution >= 0.6 is 0 Å². The zero-order chi connectivity index (χ0) is 12.5. The second kappa shape index (κ2) is 4.11. The Balaban J connectivity index is 3.60. The minimum absolute atomic E-state index is 0.419. The summed E-state index contributed by atoms with van der Waals surface area (Å²) in [5, 5.41) is 46.0. The smallest absolute Gasteiger partial charge is 0.336 e. The molecular weight excluding hydrogens is 216 g/mol. The number of aromatic carboxylic acids is 1. The quantitative estimate of drug-likeness (QED) is 0.383. The molecule has 0 saturated heterocycles. The lowest BCUT2D eigenvalue weighted by Crippen LogP contribution is -2.06. The Labute approximate surface area is 90.3 Å². The molecule has 0 aromatic heterocycles. The van der Waals surface area contributed by atoms with Crippen molar-refractivity contribution in [1.82, 2.24) is 0 Å². The Morgan fingerprint density at radius 2 is 1.88 bits per heavy atom. The molecule has 6 nitrogen and oxygen atoms in total. The Hall–Kier alpha value is -2.21. The van der Waals surface area contributed by atoms with Crippen LogP contribution < -0.4 is 0 Å². The fourth-order valence-corrected chi connectivity index (χ4v) is 1.25. The van der Waals surface area contributed by atoms with Gasteiger partial charge in [0.1, 0.15) is 6.10 Å². The third-order valence-electron chi connectivity index (χ3n) is 2.04. The van der Waals surface area contributed by atoms with Crippen molar-refractivity contribution in [2.75, 3.05) is 0 Å². The average molecular weight is 226 g/mol. The Kier molecular flexibility index (Phi) is 3.05. The van der Waals surface area contributed by atoms with Gasteiger partial charge in [0.15, 0.2) is 11.5 Å². The minimum Gasteiger partial charge on any atom is -0.504 e. The van der Waals surface area contributed by atoms with E-state index in [0.29, 0.717) is 0 Å². The molecule has 1 aromatic rings. The highest BCUT2D eigenvalue weighted by atomic mass is 16.4. The van der Waals surface area contributed by atoms with Crippen LogP contribution in [0.5, 0.6) is 17.2 Å². The maximum atomic E-state index is 10.8. The predicted octanol–water partition coefficient (Wildman–Crippen LogP) is 0.721. The lowest BCUT2D eigenvalue weighted by atomic mass is 10.00. The number of phenols is 3. The molecule has 86 valence electrons. The monoisotopic (exact) mass is 226 g/mol. The lowest BCUT2D eigenvalue weighted by Gasteiger charge is -2.13. The SMILES string of the molecule is C=CC(O)c1c(C(=O)O)cc(O)c(O)c1O. The van der Waals surface area contributed by atoms with Gasteiger partial charge in [-0.05, 0) is 6.07 Å². The summed E-state index contributed by atoms with van der Waals surface area (Å²) in [6.45, 7) is 3.23. The molecule has 1 unspecified atom stereocenters. The van der Waals surface area contributed by atoms with Crippen molar-refractivity contribution < 1.29 is 30.3 Å². The number of phenolic OH excluding ortho intramolecular Hbond substituents is 3. The molecule has 0 fully saturated rings. The third-order valence-corrected chi connectivity index (χ3v) is 2.04. The van der Waals surface area contributed by atoms with Crippen LogP contribution in [0.15, 0.2) is 18.7 Å². The van der Waals surface area contributed by atoms with E-state index in [4.69, 9.17) is 10.2 Å². The molecule has 1 rings (SSSR count). The van der Waals surface area contributed by atoms with Crippen LogP contribution in [0.1, 0.15) is 22.0 Å². The van der Waals surface area contributed by atoms with Gasteiger partial charge in [-0.2, -0.15) is 0 Å². The van der Waals surface area contributed by atoms with Gasteiger partial charge in [-0.25, -0.2) is 4.79 Å². The van der Waals surface area contributed by atoms with Crippen LogP contribution in [0, 0.1) is 0 Å². The molecule has 0 spiro atoms. The Bertz CT molecular complexity index is 451. The number of benzene rings is 1. The van der Waals surface area contributed by atoms with Crippen molar-refractivity contribution in [2.45, 2.75) is 6.10 Å². The first-order chi connectivity index (χ1) is 7.40. The number of carboxylic acids is 1. The Morgan fingerprint density at radius 3 is 2.31 bits per heavy atom. The molecule has 16 heavy (non-hydrogen) atoms. The van der Waals surface area contributed by atoms with Crippen molar-refractivity contribution in [3.05, 3.63) is 29.8 Å². The second-order valence-electron chi connectivity index (χ2n) is 3.04. The van der Waals surface area contributed by atoms with Gasteiger partial charge in [0.2, 0.25) is 5.75 Å². The lowest BCUT2D eigenvalue weighted by molar-refractivity contribution is 0.0690. The number of carboxylic acid groups (broad SMARTS) is 1. The molecule has 0 aliphatic carbocycles. The topological polar surface area (TPSA) is 118 Å². The van der Waals surface area contributed by atoms with E-state index in [-0.39, 0.29) is 0 Å². The van der Waals surface area contributed by atoms with E-state index >= 15 is 0 Å². The van der Waals surface area contributed by atoms with Crippen molar-refractivity contribution in [2.24, 2.45) is 0 Å². The first-order valence-electron chi connectivity index (χ1n) is 4.21. The van der Waals surface area contributed by atoms with Gasteiger partial charge in [0.05, 0.1) is 5.56 Å². The van der Waals surface area contributed by atoms with Gasteiger partial charge >= 0.3 is 5.97 Å². The van der Waals surface area contributed by atoms with Crippen molar-refractivity contribution in [3.63, 3.8) is 0 Å². The first-order valence-corrected chi connectivity index (χ1v) is 4.21. The molecular formula is C10H10O6. The van der Waals surface area contributed by atoms with Gasteiger partial charge in [-0.15, -0.1) is 6.58 Å². The zero-order valence-electron chi connectivity index (χ0n) is 8.08. The predicted molar refractivity (Wildman–Crippen MR) is 53.6 cm³/mol. The highest BCUT2D eigenvalue weighted by Gasteiger charge is 2.24. The van der Waals surface area contributed by atoms with Crippen LogP contribution in [-0.2, 0) is 0 Å². The molecule has 6 heteroatoms. The summed E-state index contributed by atoms with van der Waals surface area (Å²) in [6.07, 6.45) is -0.476. The normalized spacial score (nSPS) is 12.1. The molecule has 0 heterocycles. The highest BCUT2D eigenvalue weighted by Crippen LogP contribution is 2.42. The maximum absolute atomic E-state index is 10.8. The molecule has 0 saturated carbocycles. The second-order valence-corrected chi connectivity index (χ2v) is 3.04. The van der Waals surface area contributed by atoms with E-state index in [1.165, 1.54) is 0 Å². The maximum Gasteiger partial charge on any atom is 0.336 e. The number of rotatable bonds is 3. The summed E-state index contributed by atoms with van der Waals surface area (Å²) in [4.78, 5) is 10.8. The first kappa shape index (κ1) is 11.9. The van der Waals surface area contributed by atoms with Gasteiger partial charge in [0, 0.05) is 5.56 Å². The third kappa shape index (κ3) is 1.78.